The fraction of sp³-hybridized carbons (Fsp3) is 0.375. The van der Waals surface area contributed by atoms with Crippen LogP contribution in [0.5, 0.6) is 11.5 Å². The second-order valence-electron chi connectivity index (χ2n) is 10.8. The second-order valence-corrected chi connectivity index (χ2v) is 10.8. The number of carboxylic acid groups (broad SMARTS) is 1. The molecule has 1 atom stereocenters. The molecular formula is C32H36N2O5. The van der Waals surface area contributed by atoms with E-state index in [1.807, 2.05) is 50.2 Å². The van der Waals surface area contributed by atoms with Gasteiger partial charge in [-0.1, -0.05) is 36.4 Å². The lowest BCUT2D eigenvalue weighted by atomic mass is 9.77. The molecule has 3 aromatic carbocycles. The monoisotopic (exact) mass is 528 g/mol. The summed E-state index contributed by atoms with van der Waals surface area (Å²) in [4.78, 5) is 26.1. The zero-order chi connectivity index (χ0) is 27.5. The molecular weight excluding hydrogens is 492 g/mol. The number of benzene rings is 3. The Hall–Kier alpha value is -4.00. The maximum absolute atomic E-state index is 13.3. The highest BCUT2D eigenvalue weighted by molar-refractivity contribution is 6.04. The third-order valence-electron chi connectivity index (χ3n) is 7.89. The largest absolute Gasteiger partial charge is 0.495 e. The molecule has 1 fully saturated rings. The lowest BCUT2D eigenvalue weighted by molar-refractivity contribution is -0.138. The van der Waals surface area contributed by atoms with Crippen LogP contribution >= 0.6 is 0 Å². The number of aliphatic carboxylic acids is 1. The van der Waals surface area contributed by atoms with Gasteiger partial charge in [0.2, 0.25) is 0 Å². The van der Waals surface area contributed by atoms with Crippen molar-refractivity contribution in [1.29, 1.82) is 0 Å². The summed E-state index contributed by atoms with van der Waals surface area (Å²) in [6, 6.07) is 20.1. The first-order valence-corrected chi connectivity index (χ1v) is 13.7. The zero-order valence-corrected chi connectivity index (χ0v) is 22.8. The Morgan fingerprint density at radius 2 is 1.72 bits per heavy atom. The molecule has 0 saturated heterocycles. The number of rotatable bonds is 6. The molecule has 0 bridgehead atoms. The summed E-state index contributed by atoms with van der Waals surface area (Å²) in [6.45, 7) is 4.38. The van der Waals surface area contributed by atoms with Crippen molar-refractivity contribution in [2.24, 2.45) is 5.92 Å². The van der Waals surface area contributed by atoms with Crippen LogP contribution in [0.1, 0.15) is 56.1 Å². The van der Waals surface area contributed by atoms with Gasteiger partial charge >= 0.3 is 12.0 Å². The van der Waals surface area contributed by atoms with Gasteiger partial charge in [0.05, 0.1) is 25.0 Å². The van der Waals surface area contributed by atoms with Crippen LogP contribution in [0.15, 0.2) is 60.7 Å². The van der Waals surface area contributed by atoms with Gasteiger partial charge in [-0.2, -0.15) is 0 Å². The molecule has 7 nitrogen and oxygen atoms in total. The molecule has 2 N–H and O–H groups in total. The summed E-state index contributed by atoms with van der Waals surface area (Å²) >= 11 is 0. The Morgan fingerprint density at radius 1 is 1.00 bits per heavy atom. The van der Waals surface area contributed by atoms with Gasteiger partial charge in [-0.25, -0.2) is 4.79 Å². The quantitative estimate of drug-likeness (QED) is 0.352. The van der Waals surface area contributed by atoms with Crippen LogP contribution in [0.4, 0.5) is 16.2 Å². The number of carbonyl (C=O) groups excluding carboxylic acids is 1. The van der Waals surface area contributed by atoms with Gasteiger partial charge in [0.25, 0.3) is 0 Å². The minimum absolute atomic E-state index is 0.156. The molecule has 2 aliphatic rings. The second kappa shape index (κ2) is 11.4. The fourth-order valence-corrected chi connectivity index (χ4v) is 5.81. The highest BCUT2D eigenvalue weighted by atomic mass is 16.5. The zero-order valence-electron chi connectivity index (χ0n) is 22.8. The SMILES string of the molecule is COc1ccc(C)cc1NC(=O)N1CC(C)Oc2cc(-c3ccc(C4CCC(CC(=O)O)CC4)cc3)ccc21. The Bertz CT molecular complexity index is 1350. The molecule has 0 spiro atoms. The van der Waals surface area contributed by atoms with E-state index < -0.39 is 5.97 Å². The molecule has 1 saturated carbocycles. The Kier molecular flexibility index (Phi) is 7.77. The number of ether oxygens (including phenoxy) is 2. The van der Waals surface area contributed by atoms with Crippen molar-refractivity contribution in [2.45, 2.75) is 58.0 Å². The van der Waals surface area contributed by atoms with Crippen molar-refractivity contribution in [3.05, 3.63) is 71.8 Å². The summed E-state index contributed by atoms with van der Waals surface area (Å²) in [5.74, 6) is 1.38. The highest BCUT2D eigenvalue weighted by Gasteiger charge is 2.29. The fourth-order valence-electron chi connectivity index (χ4n) is 5.81. The first kappa shape index (κ1) is 26.6. The predicted molar refractivity (Wildman–Crippen MR) is 153 cm³/mol. The number of fused-ring (bicyclic) bond motifs is 1. The molecule has 5 rings (SSSR count). The van der Waals surface area contributed by atoms with Crippen LogP contribution in [0, 0.1) is 12.8 Å². The van der Waals surface area contributed by atoms with Crippen molar-refractivity contribution in [1.82, 2.24) is 0 Å². The van der Waals surface area contributed by atoms with E-state index in [1.54, 1.807) is 12.0 Å². The van der Waals surface area contributed by atoms with Crippen molar-refractivity contribution < 1.29 is 24.2 Å². The maximum Gasteiger partial charge on any atom is 0.326 e. The van der Waals surface area contributed by atoms with Crippen molar-refractivity contribution in [2.75, 3.05) is 23.9 Å². The molecule has 1 unspecified atom stereocenters. The minimum atomic E-state index is -0.693. The third kappa shape index (κ3) is 6.03. The van der Waals surface area contributed by atoms with Crippen LogP contribution in [0.25, 0.3) is 11.1 Å². The van der Waals surface area contributed by atoms with Gasteiger partial charge in [0, 0.05) is 6.42 Å². The number of amides is 2. The smallest absolute Gasteiger partial charge is 0.326 e. The maximum atomic E-state index is 13.3. The van der Waals surface area contributed by atoms with E-state index in [4.69, 9.17) is 14.6 Å². The van der Waals surface area contributed by atoms with Gasteiger partial charge in [0.15, 0.2) is 0 Å². The van der Waals surface area contributed by atoms with E-state index in [-0.39, 0.29) is 18.6 Å². The van der Waals surface area contributed by atoms with Gasteiger partial charge < -0.3 is 19.9 Å². The number of nitrogens with zero attached hydrogens (tertiary/aromatic N) is 1. The highest BCUT2D eigenvalue weighted by Crippen LogP contribution is 2.40. The van der Waals surface area contributed by atoms with Crippen LogP contribution in [0.2, 0.25) is 0 Å². The van der Waals surface area contributed by atoms with E-state index in [0.29, 0.717) is 35.6 Å². The first-order chi connectivity index (χ1) is 18.8. The van der Waals surface area contributed by atoms with Crippen LogP contribution < -0.4 is 19.7 Å². The Labute approximate surface area is 229 Å². The molecule has 7 heteroatoms. The number of carbonyl (C=O) groups is 2. The lowest BCUT2D eigenvalue weighted by Gasteiger charge is -2.34. The number of anilines is 2. The molecule has 39 heavy (non-hydrogen) atoms. The summed E-state index contributed by atoms with van der Waals surface area (Å²) < 4.78 is 11.6. The normalized spacial score (nSPS) is 20.5. The lowest BCUT2D eigenvalue weighted by Crippen LogP contribution is -2.44. The molecule has 0 aromatic heterocycles. The predicted octanol–water partition coefficient (Wildman–Crippen LogP) is 7.24. The van der Waals surface area contributed by atoms with E-state index in [9.17, 15) is 9.59 Å². The average Bonchev–Trinajstić information content (AvgIpc) is 2.92. The molecule has 0 radical (unpaired) electrons. The van der Waals surface area contributed by atoms with Crippen molar-refractivity contribution >= 4 is 23.4 Å². The number of carboxylic acids is 1. The van der Waals surface area contributed by atoms with E-state index in [1.165, 1.54) is 5.56 Å². The van der Waals surface area contributed by atoms with Gasteiger partial charge in [0.1, 0.15) is 17.6 Å². The Morgan fingerprint density at radius 3 is 2.41 bits per heavy atom. The van der Waals surface area contributed by atoms with E-state index in [0.717, 1.165) is 48.1 Å². The number of methoxy groups -OCH3 is 1. The minimum Gasteiger partial charge on any atom is -0.495 e. The van der Waals surface area contributed by atoms with Gasteiger partial charge in [-0.15, -0.1) is 0 Å². The molecule has 204 valence electrons. The number of urea groups is 1. The van der Waals surface area contributed by atoms with Crippen LogP contribution in [-0.2, 0) is 4.79 Å². The first-order valence-electron chi connectivity index (χ1n) is 13.7. The summed E-state index contributed by atoms with van der Waals surface area (Å²) in [5.41, 5.74) is 5.82. The topological polar surface area (TPSA) is 88.1 Å². The van der Waals surface area contributed by atoms with Crippen molar-refractivity contribution in [3.63, 3.8) is 0 Å². The Balaban J connectivity index is 1.31. The van der Waals surface area contributed by atoms with E-state index >= 15 is 0 Å². The van der Waals surface area contributed by atoms with Crippen molar-refractivity contribution in [3.8, 4) is 22.6 Å². The van der Waals surface area contributed by atoms with Crippen LogP contribution in [0.3, 0.4) is 0 Å². The number of hydrogen-bond donors (Lipinski definition) is 2. The summed E-state index contributed by atoms with van der Waals surface area (Å²) in [5, 5.41) is 12.1. The molecule has 3 aromatic rings. The number of nitrogens with one attached hydrogen (secondary N) is 1. The molecule has 2 amide bonds. The summed E-state index contributed by atoms with van der Waals surface area (Å²) in [6.07, 6.45) is 4.14. The number of aryl methyl sites for hydroxylation is 1. The van der Waals surface area contributed by atoms with Crippen LogP contribution in [-0.4, -0.2) is 36.9 Å². The number of hydrogen-bond acceptors (Lipinski definition) is 4. The summed E-state index contributed by atoms with van der Waals surface area (Å²) in [7, 11) is 1.59. The van der Waals surface area contributed by atoms with E-state index in [2.05, 4.69) is 29.6 Å². The molecule has 1 aliphatic heterocycles. The molecule has 1 aliphatic carbocycles. The van der Waals surface area contributed by atoms with Gasteiger partial charge in [-0.3, -0.25) is 9.69 Å². The standard InChI is InChI=1S/C32H36N2O5/c1-20-4-15-29(38-3)27(16-20)33-32(37)34-19-21(2)39-30-18-26(13-14-28(30)34)25-11-9-24(10-12-25)23-7-5-22(6-8-23)17-31(35)36/h4,9-16,18,21-23H,5-8,17,19H2,1-3H3,(H,33,37)(H,35,36). The molecule has 1 heterocycles. The van der Waals surface area contributed by atoms with Gasteiger partial charge in [-0.05, 0) is 97.9 Å². The average molecular weight is 529 g/mol. The third-order valence-corrected chi connectivity index (χ3v) is 7.89.